The molecule has 0 bridgehead atoms. The molecule has 0 aliphatic carbocycles. The molecule has 0 spiro atoms. The molecule has 1 rings (SSSR count). The molecule has 1 amide bonds. The van der Waals surface area contributed by atoms with Crippen molar-refractivity contribution in [2.75, 3.05) is 6.54 Å². The lowest BCUT2D eigenvalue weighted by Crippen LogP contribution is -2.64. The van der Waals surface area contributed by atoms with Crippen LogP contribution in [0.1, 0.15) is 40.5 Å². The first kappa shape index (κ1) is 12.5. The monoisotopic (exact) mass is 214 g/mol. The van der Waals surface area contributed by atoms with Gasteiger partial charge >= 0.3 is 0 Å². The molecule has 1 heterocycles. The van der Waals surface area contributed by atoms with Crippen LogP contribution in [0.2, 0.25) is 0 Å². The molecule has 0 unspecified atom stereocenters. The van der Waals surface area contributed by atoms with Crippen LogP contribution in [0.15, 0.2) is 0 Å². The second kappa shape index (κ2) is 4.10. The van der Waals surface area contributed by atoms with Crippen molar-refractivity contribution in [3.63, 3.8) is 0 Å². The largest absolute Gasteiger partial charge is 0.350 e. The summed E-state index contributed by atoms with van der Waals surface area (Å²) in [6, 6.07) is 0.269. The first-order chi connectivity index (χ1) is 6.74. The number of amides is 1. The Morgan fingerprint density at radius 1 is 1.33 bits per heavy atom. The smallest absolute Gasteiger partial charge is 0.275 e. The molecule has 15 heavy (non-hydrogen) atoms. The highest BCUT2D eigenvalue weighted by molar-refractivity contribution is 5.76. The van der Waals surface area contributed by atoms with Crippen molar-refractivity contribution in [3.8, 4) is 0 Å². The van der Waals surface area contributed by atoms with Gasteiger partial charge in [-0.15, -0.1) is 0 Å². The predicted octanol–water partition coefficient (Wildman–Crippen LogP) is -0.346. The Labute approximate surface area is 92.0 Å². The lowest BCUT2D eigenvalue weighted by atomic mass is 9.79. The van der Waals surface area contributed by atoms with Crippen LogP contribution < -0.4 is 16.4 Å². The van der Waals surface area contributed by atoms with Gasteiger partial charge < -0.3 is 16.4 Å². The lowest BCUT2D eigenvalue weighted by molar-refractivity contribution is -0.355. The van der Waals surface area contributed by atoms with E-state index in [9.17, 15) is 4.79 Å². The summed E-state index contributed by atoms with van der Waals surface area (Å²) in [5.74, 6) is 0.0495. The minimum Gasteiger partial charge on any atom is -0.350 e. The molecular formula is C11H24N3O+. The SMILES string of the molecule is CC1(C)CC(NC(=O)C[NH3+])CC(C)(C)N1. The van der Waals surface area contributed by atoms with Crippen LogP contribution in [0.5, 0.6) is 0 Å². The summed E-state index contributed by atoms with van der Waals surface area (Å²) >= 11 is 0. The Morgan fingerprint density at radius 2 is 1.80 bits per heavy atom. The maximum Gasteiger partial charge on any atom is 0.275 e. The molecule has 88 valence electrons. The second-order valence-corrected chi connectivity index (χ2v) is 5.82. The fraction of sp³-hybridized carbons (Fsp3) is 0.909. The van der Waals surface area contributed by atoms with E-state index in [1.165, 1.54) is 0 Å². The van der Waals surface area contributed by atoms with Crippen molar-refractivity contribution in [3.05, 3.63) is 0 Å². The van der Waals surface area contributed by atoms with Gasteiger partial charge in [-0.2, -0.15) is 0 Å². The maximum atomic E-state index is 11.3. The summed E-state index contributed by atoms with van der Waals surface area (Å²) in [6.07, 6.45) is 1.95. The minimum atomic E-state index is 0.0495. The second-order valence-electron chi connectivity index (χ2n) is 5.82. The number of nitrogens with one attached hydrogen (secondary N) is 2. The Balaban J connectivity index is 2.63. The van der Waals surface area contributed by atoms with E-state index in [4.69, 9.17) is 0 Å². The van der Waals surface area contributed by atoms with Gasteiger partial charge in [0.25, 0.3) is 5.91 Å². The first-order valence-corrected chi connectivity index (χ1v) is 5.62. The molecular weight excluding hydrogens is 190 g/mol. The zero-order chi connectivity index (χ0) is 11.7. The van der Waals surface area contributed by atoms with E-state index in [1.54, 1.807) is 0 Å². The van der Waals surface area contributed by atoms with Crippen molar-refractivity contribution < 1.29 is 10.5 Å². The summed E-state index contributed by atoms with van der Waals surface area (Å²) in [5, 5.41) is 6.62. The third kappa shape index (κ3) is 3.80. The summed E-state index contributed by atoms with van der Waals surface area (Å²) in [5.41, 5.74) is 3.76. The molecule has 4 heteroatoms. The standard InChI is InChI=1S/C11H23N3O/c1-10(2)5-8(13-9(15)7-12)6-11(3,4)14-10/h8,14H,5-7,12H2,1-4H3,(H,13,15)/p+1. The highest BCUT2D eigenvalue weighted by Gasteiger charge is 2.38. The molecule has 0 radical (unpaired) electrons. The fourth-order valence-corrected chi connectivity index (χ4v) is 2.72. The van der Waals surface area contributed by atoms with Gasteiger partial charge in [-0.1, -0.05) is 0 Å². The third-order valence-corrected chi connectivity index (χ3v) is 2.78. The zero-order valence-corrected chi connectivity index (χ0v) is 10.3. The molecule has 0 aromatic rings. The average molecular weight is 214 g/mol. The molecule has 5 N–H and O–H groups in total. The van der Waals surface area contributed by atoms with Crippen molar-refractivity contribution in [2.24, 2.45) is 0 Å². The summed E-state index contributed by atoms with van der Waals surface area (Å²) in [7, 11) is 0. The minimum absolute atomic E-state index is 0.0495. The summed E-state index contributed by atoms with van der Waals surface area (Å²) in [4.78, 5) is 11.3. The van der Waals surface area contributed by atoms with Crippen LogP contribution in [0.25, 0.3) is 0 Å². The van der Waals surface area contributed by atoms with Crippen LogP contribution in [0.4, 0.5) is 0 Å². The van der Waals surface area contributed by atoms with Gasteiger partial charge in [0.2, 0.25) is 0 Å². The quantitative estimate of drug-likeness (QED) is 0.588. The van der Waals surface area contributed by atoms with E-state index in [1.807, 2.05) is 0 Å². The highest BCUT2D eigenvalue weighted by Crippen LogP contribution is 2.28. The molecule has 0 saturated carbocycles. The molecule has 1 saturated heterocycles. The van der Waals surface area contributed by atoms with Crippen LogP contribution in [-0.2, 0) is 4.79 Å². The average Bonchev–Trinajstić information content (AvgIpc) is 1.97. The van der Waals surface area contributed by atoms with Gasteiger partial charge in [-0.25, -0.2) is 0 Å². The number of carbonyl (C=O) groups is 1. The van der Waals surface area contributed by atoms with E-state index in [0.29, 0.717) is 6.54 Å². The number of piperidine rings is 1. The molecule has 0 aromatic carbocycles. The molecule has 0 aromatic heterocycles. The Kier molecular flexibility index (Phi) is 3.41. The number of rotatable bonds is 2. The predicted molar refractivity (Wildman–Crippen MR) is 60.2 cm³/mol. The van der Waals surface area contributed by atoms with Gasteiger partial charge in [0.15, 0.2) is 6.54 Å². The Hall–Kier alpha value is -0.610. The van der Waals surface area contributed by atoms with Crippen LogP contribution in [0, 0.1) is 0 Å². The van der Waals surface area contributed by atoms with Gasteiger partial charge in [0, 0.05) is 17.1 Å². The maximum absolute atomic E-state index is 11.3. The number of hydrogen-bond donors (Lipinski definition) is 3. The Bertz CT molecular complexity index is 232. The molecule has 1 aliphatic heterocycles. The van der Waals surface area contributed by atoms with E-state index < -0.39 is 0 Å². The summed E-state index contributed by atoms with van der Waals surface area (Å²) in [6.45, 7) is 9.04. The number of hydrogen-bond acceptors (Lipinski definition) is 2. The molecule has 1 aliphatic rings. The molecule has 4 nitrogen and oxygen atoms in total. The third-order valence-electron chi connectivity index (χ3n) is 2.78. The van der Waals surface area contributed by atoms with Crippen molar-refractivity contribution in [2.45, 2.75) is 57.7 Å². The topological polar surface area (TPSA) is 68.8 Å². The van der Waals surface area contributed by atoms with Crippen molar-refractivity contribution in [1.82, 2.24) is 10.6 Å². The van der Waals surface area contributed by atoms with Crippen molar-refractivity contribution in [1.29, 1.82) is 0 Å². The van der Waals surface area contributed by atoms with Crippen LogP contribution in [-0.4, -0.2) is 29.6 Å². The molecule has 1 fully saturated rings. The van der Waals surface area contributed by atoms with E-state index in [0.717, 1.165) is 12.8 Å². The van der Waals surface area contributed by atoms with E-state index >= 15 is 0 Å². The number of quaternary nitrogens is 1. The Morgan fingerprint density at radius 3 is 2.20 bits per heavy atom. The van der Waals surface area contributed by atoms with Crippen LogP contribution in [0.3, 0.4) is 0 Å². The van der Waals surface area contributed by atoms with E-state index in [-0.39, 0.29) is 23.0 Å². The highest BCUT2D eigenvalue weighted by atomic mass is 16.1. The lowest BCUT2D eigenvalue weighted by Gasteiger charge is -2.46. The van der Waals surface area contributed by atoms with Gasteiger partial charge in [-0.3, -0.25) is 4.79 Å². The normalized spacial score (nSPS) is 24.9. The first-order valence-electron chi connectivity index (χ1n) is 5.62. The van der Waals surface area contributed by atoms with Gasteiger partial charge in [0.1, 0.15) is 0 Å². The van der Waals surface area contributed by atoms with Crippen molar-refractivity contribution >= 4 is 5.91 Å². The van der Waals surface area contributed by atoms with E-state index in [2.05, 4.69) is 44.1 Å². The van der Waals surface area contributed by atoms with Gasteiger partial charge in [-0.05, 0) is 40.5 Å². The van der Waals surface area contributed by atoms with Crippen LogP contribution >= 0.6 is 0 Å². The molecule has 0 atom stereocenters. The number of carbonyl (C=O) groups excluding carboxylic acids is 1. The summed E-state index contributed by atoms with van der Waals surface area (Å²) < 4.78 is 0. The fourth-order valence-electron chi connectivity index (χ4n) is 2.72. The van der Waals surface area contributed by atoms with Gasteiger partial charge in [0.05, 0.1) is 0 Å². The zero-order valence-electron chi connectivity index (χ0n) is 10.3.